The number of nitrogens with zero attached hydrogens (tertiary/aromatic N) is 1. The molecule has 7 nitrogen and oxygen atoms in total. The van der Waals surface area contributed by atoms with Gasteiger partial charge in [0.25, 0.3) is 5.24 Å². The summed E-state index contributed by atoms with van der Waals surface area (Å²) in [6, 6.07) is 11.2. The van der Waals surface area contributed by atoms with E-state index in [9.17, 15) is 23.2 Å². The van der Waals surface area contributed by atoms with E-state index in [0.29, 0.717) is 5.69 Å². The highest BCUT2D eigenvalue weighted by molar-refractivity contribution is 8.14. The number of alkyl halides is 2. The fraction of sp³-hybridized carbons (Fsp3) is 0.190. The second kappa shape index (κ2) is 10.1. The lowest BCUT2D eigenvalue weighted by Crippen LogP contribution is -2.27. The van der Waals surface area contributed by atoms with Crippen LogP contribution in [0.1, 0.15) is 11.1 Å². The van der Waals surface area contributed by atoms with E-state index in [2.05, 4.69) is 10.1 Å². The van der Waals surface area contributed by atoms with Gasteiger partial charge in [0, 0.05) is 17.3 Å². The number of ether oxygens (including phenoxy) is 2. The van der Waals surface area contributed by atoms with Crippen LogP contribution in [0.2, 0.25) is 0 Å². The number of benzene rings is 2. The summed E-state index contributed by atoms with van der Waals surface area (Å²) >= 11 is 0.969. The molecule has 0 radical (unpaired) electrons. The maximum absolute atomic E-state index is 12.7. The number of thioether (sulfide) groups is 1. The van der Waals surface area contributed by atoms with Crippen LogP contribution in [0.25, 0.3) is 6.08 Å². The molecule has 1 fully saturated rings. The van der Waals surface area contributed by atoms with Crippen molar-refractivity contribution in [3.05, 3.63) is 59.7 Å². The molecule has 3 amide bonds. The van der Waals surface area contributed by atoms with E-state index in [1.165, 1.54) is 36.3 Å². The molecule has 0 bridgehead atoms. The first-order valence-electron chi connectivity index (χ1n) is 9.04. The number of amides is 3. The molecule has 1 N–H and O–H groups in total. The largest absolute Gasteiger partial charge is 0.493 e. The van der Waals surface area contributed by atoms with Gasteiger partial charge in [-0.05, 0) is 29.8 Å². The minimum atomic E-state index is -3.04. The van der Waals surface area contributed by atoms with Crippen molar-refractivity contribution in [3.63, 3.8) is 0 Å². The van der Waals surface area contributed by atoms with E-state index < -0.39 is 12.5 Å². The average molecular weight is 448 g/mol. The van der Waals surface area contributed by atoms with Gasteiger partial charge in [0.05, 0.1) is 19.4 Å². The van der Waals surface area contributed by atoms with Crippen LogP contribution < -0.4 is 14.8 Å². The minimum absolute atomic E-state index is 0.117. The number of para-hydroxylation sites is 1. The van der Waals surface area contributed by atoms with Crippen molar-refractivity contribution in [2.45, 2.75) is 13.2 Å². The molecule has 0 aromatic heterocycles. The highest BCUT2D eigenvalue weighted by Crippen LogP contribution is 2.33. The smallest absolute Gasteiger partial charge is 0.387 e. The summed E-state index contributed by atoms with van der Waals surface area (Å²) in [6.07, 6.45) is 2.52. The number of imide groups is 1. The maximum atomic E-state index is 12.7. The van der Waals surface area contributed by atoms with E-state index >= 15 is 0 Å². The second-order valence-corrected chi connectivity index (χ2v) is 7.24. The molecule has 1 heterocycles. The zero-order valence-corrected chi connectivity index (χ0v) is 17.2. The Morgan fingerprint density at radius 1 is 1.23 bits per heavy atom. The van der Waals surface area contributed by atoms with Gasteiger partial charge in [0.1, 0.15) is 0 Å². The zero-order valence-electron chi connectivity index (χ0n) is 16.3. The lowest BCUT2D eigenvalue weighted by Gasteiger charge is -2.13. The fourth-order valence-corrected chi connectivity index (χ4v) is 3.52. The molecule has 0 unspecified atom stereocenters. The second-order valence-electron chi connectivity index (χ2n) is 6.31. The van der Waals surface area contributed by atoms with Crippen molar-refractivity contribution in [3.8, 4) is 11.5 Å². The summed E-state index contributed by atoms with van der Waals surface area (Å²) in [4.78, 5) is 36.7. The summed E-state index contributed by atoms with van der Waals surface area (Å²) in [5, 5.41) is 2.36. The Hall–Kier alpha value is -3.40. The van der Waals surface area contributed by atoms with E-state index in [1.807, 2.05) is 0 Å². The molecule has 1 aliphatic heterocycles. The summed E-state index contributed by atoms with van der Waals surface area (Å²) < 4.78 is 34.9. The van der Waals surface area contributed by atoms with Gasteiger partial charge in [-0.3, -0.25) is 19.3 Å². The topological polar surface area (TPSA) is 84.9 Å². The Labute approximate surface area is 181 Å². The van der Waals surface area contributed by atoms with E-state index in [-0.39, 0.29) is 40.5 Å². The zero-order chi connectivity index (χ0) is 22.4. The van der Waals surface area contributed by atoms with Gasteiger partial charge in [-0.1, -0.05) is 36.0 Å². The van der Waals surface area contributed by atoms with Gasteiger partial charge in [0.2, 0.25) is 11.8 Å². The summed E-state index contributed by atoms with van der Waals surface area (Å²) in [5.74, 6) is -0.620. The molecule has 162 valence electrons. The quantitative estimate of drug-likeness (QED) is 0.611. The van der Waals surface area contributed by atoms with Crippen LogP contribution in [-0.4, -0.2) is 41.4 Å². The van der Waals surface area contributed by atoms with Crippen LogP contribution >= 0.6 is 11.8 Å². The third kappa shape index (κ3) is 5.82. The van der Waals surface area contributed by atoms with Crippen LogP contribution in [-0.2, 0) is 16.1 Å². The predicted molar refractivity (Wildman–Crippen MR) is 112 cm³/mol. The van der Waals surface area contributed by atoms with Crippen LogP contribution in [0.3, 0.4) is 0 Å². The highest BCUT2D eigenvalue weighted by atomic mass is 32.2. The molecular weight excluding hydrogens is 430 g/mol. The van der Waals surface area contributed by atoms with Crippen LogP contribution in [0, 0.1) is 0 Å². The summed E-state index contributed by atoms with van der Waals surface area (Å²) in [5.41, 5.74) is 1.48. The Bertz CT molecular complexity index is 995. The third-order valence-electron chi connectivity index (χ3n) is 4.25. The van der Waals surface area contributed by atoms with Crippen molar-refractivity contribution in [2.75, 3.05) is 18.2 Å². The Balaban J connectivity index is 1.64. The van der Waals surface area contributed by atoms with Gasteiger partial charge in [-0.25, -0.2) is 0 Å². The van der Waals surface area contributed by atoms with Crippen molar-refractivity contribution in [2.24, 2.45) is 0 Å². The number of halogens is 2. The van der Waals surface area contributed by atoms with E-state index in [1.54, 1.807) is 30.3 Å². The molecule has 2 aromatic rings. The molecule has 1 saturated heterocycles. The number of nitrogens with one attached hydrogen (secondary N) is 1. The van der Waals surface area contributed by atoms with Gasteiger partial charge in [-0.15, -0.1) is 0 Å². The SMILES string of the molecule is COc1cccc(/C=C/C(=O)Nc2ccc(CN3C(=O)CSC3=O)cc2)c1OC(F)F. The summed E-state index contributed by atoms with van der Waals surface area (Å²) in [6.45, 7) is -2.87. The standard InChI is InChI=1S/C21H18F2N2O5S/c1-29-16-4-2-3-14(19(16)30-20(22)23)7-10-17(26)24-15-8-5-13(6-9-15)11-25-18(27)12-31-21(25)28/h2-10,20H,11-12H2,1H3,(H,24,26)/b10-7+. The number of anilines is 1. The van der Waals surface area contributed by atoms with Crippen LogP contribution in [0.5, 0.6) is 11.5 Å². The number of rotatable bonds is 8. The molecule has 0 atom stereocenters. The lowest BCUT2D eigenvalue weighted by atomic mass is 10.1. The monoisotopic (exact) mass is 448 g/mol. The van der Waals surface area contributed by atoms with E-state index in [4.69, 9.17) is 4.74 Å². The first-order chi connectivity index (χ1) is 14.9. The normalized spacial score (nSPS) is 13.9. The number of methoxy groups -OCH3 is 1. The molecule has 0 aliphatic carbocycles. The number of hydrogen-bond acceptors (Lipinski definition) is 6. The third-order valence-corrected chi connectivity index (χ3v) is 5.11. The Morgan fingerprint density at radius 2 is 1.97 bits per heavy atom. The molecule has 3 rings (SSSR count). The molecule has 31 heavy (non-hydrogen) atoms. The first kappa shape index (κ1) is 22.3. The van der Waals surface area contributed by atoms with Crippen LogP contribution in [0.4, 0.5) is 19.3 Å². The first-order valence-corrected chi connectivity index (χ1v) is 10.0. The molecular formula is C21H18F2N2O5S. The molecule has 10 heteroatoms. The highest BCUT2D eigenvalue weighted by Gasteiger charge is 2.29. The lowest BCUT2D eigenvalue weighted by molar-refractivity contribution is -0.125. The predicted octanol–water partition coefficient (Wildman–Crippen LogP) is 4.14. The van der Waals surface area contributed by atoms with Crippen molar-refractivity contribution < 1.29 is 32.6 Å². The van der Waals surface area contributed by atoms with Crippen molar-refractivity contribution in [1.29, 1.82) is 0 Å². The summed E-state index contributed by atoms with van der Waals surface area (Å²) in [7, 11) is 1.33. The molecule has 0 saturated carbocycles. The number of carbonyl (C=O) groups is 3. The fourth-order valence-electron chi connectivity index (χ4n) is 2.80. The number of carbonyl (C=O) groups excluding carboxylic acids is 3. The minimum Gasteiger partial charge on any atom is -0.493 e. The average Bonchev–Trinajstić information content (AvgIpc) is 3.06. The Morgan fingerprint density at radius 3 is 2.58 bits per heavy atom. The molecule has 1 aliphatic rings. The van der Waals surface area contributed by atoms with Gasteiger partial charge < -0.3 is 14.8 Å². The Kier molecular flexibility index (Phi) is 7.24. The van der Waals surface area contributed by atoms with Gasteiger partial charge >= 0.3 is 6.61 Å². The van der Waals surface area contributed by atoms with E-state index in [0.717, 1.165) is 17.3 Å². The number of hydrogen-bond donors (Lipinski definition) is 1. The van der Waals surface area contributed by atoms with Crippen molar-refractivity contribution >= 4 is 40.6 Å². The molecule has 0 spiro atoms. The van der Waals surface area contributed by atoms with Crippen molar-refractivity contribution in [1.82, 2.24) is 4.90 Å². The maximum Gasteiger partial charge on any atom is 0.387 e. The van der Waals surface area contributed by atoms with Crippen LogP contribution in [0.15, 0.2) is 48.5 Å². The van der Waals surface area contributed by atoms with Gasteiger partial charge in [-0.2, -0.15) is 8.78 Å². The van der Waals surface area contributed by atoms with Gasteiger partial charge in [0.15, 0.2) is 11.5 Å². The molecule has 2 aromatic carbocycles.